The molecule has 0 radical (unpaired) electrons. The van der Waals surface area contributed by atoms with Gasteiger partial charge in [-0.3, -0.25) is 14.2 Å². The van der Waals surface area contributed by atoms with Gasteiger partial charge in [-0.15, -0.1) is 11.3 Å². The van der Waals surface area contributed by atoms with Gasteiger partial charge in [0, 0.05) is 17.4 Å². The number of amides is 1. The topological polar surface area (TPSA) is 72.2 Å². The highest BCUT2D eigenvalue weighted by Gasteiger charge is 2.39. The van der Waals surface area contributed by atoms with Gasteiger partial charge in [-0.1, -0.05) is 0 Å². The summed E-state index contributed by atoms with van der Waals surface area (Å²) in [5.74, 6) is 0.389. The molecule has 0 unspecified atom stereocenters. The molecule has 1 amide bonds. The van der Waals surface area contributed by atoms with Gasteiger partial charge in [-0.25, -0.2) is 9.97 Å². The van der Waals surface area contributed by atoms with Crippen molar-refractivity contribution in [1.82, 2.24) is 24.7 Å². The van der Waals surface area contributed by atoms with Gasteiger partial charge >= 0.3 is 0 Å². The highest BCUT2D eigenvalue weighted by Crippen LogP contribution is 2.39. The van der Waals surface area contributed by atoms with Crippen molar-refractivity contribution in [2.45, 2.75) is 39.2 Å². The summed E-state index contributed by atoms with van der Waals surface area (Å²) in [4.78, 5) is 26.8. The fraction of sp³-hybridized carbons (Fsp3) is 0.412. The van der Waals surface area contributed by atoms with Crippen LogP contribution in [-0.2, 0) is 0 Å². The smallest absolute Gasteiger partial charge is 0.274 e. The minimum atomic E-state index is -0.211. The summed E-state index contributed by atoms with van der Waals surface area (Å²) in [5, 5.41) is 3.12. The number of carbonyl (C=O) groups is 1. The number of carbonyl (C=O) groups excluding carboxylic acids is 1. The third-order valence-electron chi connectivity index (χ3n) is 4.63. The summed E-state index contributed by atoms with van der Waals surface area (Å²) >= 11 is 1.53. The number of hydrogen-bond donors (Lipinski definition) is 1. The van der Waals surface area contributed by atoms with Gasteiger partial charge < -0.3 is 5.32 Å². The maximum absolute atomic E-state index is 12.7. The van der Waals surface area contributed by atoms with Gasteiger partial charge in [-0.2, -0.15) is 0 Å². The van der Waals surface area contributed by atoms with Crippen LogP contribution in [0.1, 0.15) is 42.9 Å². The first-order valence-electron chi connectivity index (χ1n) is 8.02. The first-order chi connectivity index (χ1) is 11.5. The normalized spacial score (nSPS) is 15.0. The van der Waals surface area contributed by atoms with Crippen LogP contribution in [0.15, 0.2) is 24.1 Å². The van der Waals surface area contributed by atoms with Crippen LogP contribution in [0.4, 0.5) is 0 Å². The second-order valence-corrected chi connectivity index (χ2v) is 7.77. The van der Waals surface area contributed by atoms with Crippen molar-refractivity contribution >= 4 is 22.9 Å². The molecule has 3 aromatic rings. The van der Waals surface area contributed by atoms with E-state index in [1.807, 2.05) is 17.4 Å². The Balaban J connectivity index is 1.74. The molecule has 3 aromatic heterocycles. The average molecular weight is 341 g/mol. The summed E-state index contributed by atoms with van der Waals surface area (Å²) in [6.45, 7) is 6.13. The van der Waals surface area contributed by atoms with E-state index < -0.39 is 0 Å². The number of aromatic nitrogens is 4. The molecule has 1 fully saturated rings. The number of hydrogen-bond acceptors (Lipinski definition) is 5. The molecule has 0 atom stereocenters. The lowest BCUT2D eigenvalue weighted by Gasteiger charge is -2.25. The molecule has 0 bridgehead atoms. The Bertz CT molecular complexity index is 909. The van der Waals surface area contributed by atoms with Crippen LogP contribution in [0.3, 0.4) is 0 Å². The number of fused-ring (bicyclic) bond motifs is 1. The Morgan fingerprint density at radius 2 is 2.21 bits per heavy atom. The van der Waals surface area contributed by atoms with E-state index in [9.17, 15) is 4.79 Å². The lowest BCUT2D eigenvalue weighted by Crippen LogP contribution is -2.45. The zero-order chi connectivity index (χ0) is 16.9. The number of thiazole rings is 1. The largest absolute Gasteiger partial charge is 0.345 e. The van der Waals surface area contributed by atoms with Gasteiger partial charge in [0.05, 0.1) is 16.1 Å². The van der Waals surface area contributed by atoms with Crippen molar-refractivity contribution in [2.75, 3.05) is 0 Å². The molecule has 24 heavy (non-hydrogen) atoms. The quantitative estimate of drug-likeness (QED) is 0.791. The summed E-state index contributed by atoms with van der Waals surface area (Å²) in [6, 6.07) is 1.98. The fourth-order valence-electron chi connectivity index (χ4n) is 3.01. The molecule has 1 aliphatic carbocycles. The summed E-state index contributed by atoms with van der Waals surface area (Å²) < 4.78 is 1.85. The van der Waals surface area contributed by atoms with Crippen LogP contribution < -0.4 is 5.32 Å². The van der Waals surface area contributed by atoms with E-state index in [0.29, 0.717) is 17.3 Å². The third kappa shape index (κ3) is 2.58. The van der Waals surface area contributed by atoms with Crippen LogP contribution in [0.25, 0.3) is 16.2 Å². The Labute approximate surface area is 144 Å². The molecule has 1 aliphatic rings. The van der Waals surface area contributed by atoms with Crippen molar-refractivity contribution in [2.24, 2.45) is 5.92 Å². The van der Waals surface area contributed by atoms with Crippen molar-refractivity contribution in [3.63, 3.8) is 0 Å². The van der Waals surface area contributed by atoms with E-state index in [1.165, 1.54) is 24.2 Å². The van der Waals surface area contributed by atoms with Crippen LogP contribution in [0.2, 0.25) is 0 Å². The zero-order valence-corrected chi connectivity index (χ0v) is 14.7. The van der Waals surface area contributed by atoms with E-state index >= 15 is 0 Å². The van der Waals surface area contributed by atoms with Gasteiger partial charge in [0.2, 0.25) is 0 Å². The van der Waals surface area contributed by atoms with Crippen molar-refractivity contribution < 1.29 is 4.79 Å². The zero-order valence-electron chi connectivity index (χ0n) is 13.9. The molecule has 124 valence electrons. The third-order valence-corrected chi connectivity index (χ3v) is 5.42. The first-order valence-corrected chi connectivity index (χ1v) is 8.90. The van der Waals surface area contributed by atoms with Crippen LogP contribution in [0, 0.1) is 12.8 Å². The fourth-order valence-corrected chi connectivity index (χ4v) is 3.59. The molecule has 0 saturated heterocycles. The minimum Gasteiger partial charge on any atom is -0.345 e. The van der Waals surface area contributed by atoms with Crippen molar-refractivity contribution in [3.05, 3.63) is 35.5 Å². The second-order valence-electron chi connectivity index (χ2n) is 6.89. The molecule has 4 rings (SSSR count). The summed E-state index contributed by atoms with van der Waals surface area (Å²) in [7, 11) is 0. The molecule has 6 nitrogen and oxygen atoms in total. The van der Waals surface area contributed by atoms with Gasteiger partial charge in [0.15, 0.2) is 11.3 Å². The summed E-state index contributed by atoms with van der Waals surface area (Å²) in [5.41, 5.74) is 4.33. The minimum absolute atomic E-state index is 0.164. The Morgan fingerprint density at radius 3 is 2.88 bits per heavy atom. The number of nitrogens with one attached hydrogen (secondary N) is 1. The number of imidazole rings is 1. The lowest BCUT2D eigenvalue weighted by atomic mass is 9.98. The molecular formula is C17H19N5OS. The van der Waals surface area contributed by atoms with E-state index in [1.54, 1.807) is 18.0 Å². The van der Waals surface area contributed by atoms with Crippen LogP contribution in [-0.4, -0.2) is 30.8 Å². The highest BCUT2D eigenvalue weighted by atomic mass is 32.1. The average Bonchev–Trinajstić information content (AvgIpc) is 3.09. The number of rotatable bonds is 4. The molecule has 1 N–H and O–H groups in total. The Kier molecular flexibility index (Phi) is 3.42. The Morgan fingerprint density at radius 1 is 1.42 bits per heavy atom. The van der Waals surface area contributed by atoms with E-state index in [2.05, 4.69) is 34.1 Å². The van der Waals surface area contributed by atoms with Gasteiger partial charge in [0.1, 0.15) is 6.33 Å². The SMILES string of the molecule is Cc1cc(-c2cncs2)nc2c(C(=O)NC(C)(C)C3CC3)ncn12. The molecule has 0 spiro atoms. The molecule has 3 heterocycles. The molecular weight excluding hydrogens is 322 g/mol. The van der Waals surface area contributed by atoms with Crippen molar-refractivity contribution in [1.29, 1.82) is 0 Å². The summed E-state index contributed by atoms with van der Waals surface area (Å²) in [6.07, 6.45) is 5.79. The standard InChI is InChI=1S/C17H19N5OS/c1-10-6-12(13-7-18-9-24-13)20-15-14(19-8-22(10)15)16(23)21-17(2,3)11-4-5-11/h6-9,11H,4-5H2,1-3H3,(H,21,23). The highest BCUT2D eigenvalue weighted by molar-refractivity contribution is 7.13. The first kappa shape index (κ1) is 15.3. The monoisotopic (exact) mass is 341 g/mol. The maximum atomic E-state index is 12.7. The van der Waals surface area contributed by atoms with Gasteiger partial charge in [0.25, 0.3) is 5.91 Å². The maximum Gasteiger partial charge on any atom is 0.274 e. The predicted octanol–water partition coefficient (Wildman–Crippen LogP) is 3.08. The molecule has 0 aliphatic heterocycles. The number of aryl methyl sites for hydroxylation is 1. The van der Waals surface area contributed by atoms with E-state index in [0.717, 1.165) is 16.3 Å². The second kappa shape index (κ2) is 5.37. The van der Waals surface area contributed by atoms with Gasteiger partial charge in [-0.05, 0) is 45.6 Å². The van der Waals surface area contributed by atoms with Crippen LogP contribution in [0.5, 0.6) is 0 Å². The van der Waals surface area contributed by atoms with E-state index in [-0.39, 0.29) is 11.4 Å². The van der Waals surface area contributed by atoms with E-state index in [4.69, 9.17) is 0 Å². The lowest BCUT2D eigenvalue weighted by molar-refractivity contribution is 0.0900. The molecule has 7 heteroatoms. The molecule has 1 saturated carbocycles. The Hall–Kier alpha value is -2.28. The van der Waals surface area contributed by atoms with Crippen LogP contribution >= 0.6 is 11.3 Å². The van der Waals surface area contributed by atoms with Crippen molar-refractivity contribution in [3.8, 4) is 10.6 Å². The molecule has 0 aromatic carbocycles. The number of nitrogens with zero attached hydrogens (tertiary/aromatic N) is 4. The predicted molar refractivity (Wildman–Crippen MR) is 93.1 cm³/mol.